The van der Waals surface area contributed by atoms with Crippen molar-refractivity contribution in [2.45, 2.75) is 12.3 Å². The number of nitrogens with two attached hydrogens (primary N) is 2. The van der Waals surface area contributed by atoms with Gasteiger partial charge in [-0.15, -0.1) is 0 Å². The number of carbonyl (C=O) groups is 1. The lowest BCUT2D eigenvalue weighted by molar-refractivity contribution is -0.119. The topological polar surface area (TPSA) is 81.5 Å². The standard InChI is InChI=1S/C16H16ClN3O/c17-14-9-5-4-8-12(14)13(15(21)20-16(18)19)10-11-6-2-1-3-7-11/h1-9,13H,10H2,(H4,18,19,20,21)/t13-/m1/s1. The monoisotopic (exact) mass is 301 g/mol. The van der Waals surface area contributed by atoms with Gasteiger partial charge in [-0.25, -0.2) is 0 Å². The maximum absolute atomic E-state index is 12.3. The van der Waals surface area contributed by atoms with Gasteiger partial charge in [-0.1, -0.05) is 60.1 Å². The van der Waals surface area contributed by atoms with E-state index in [1.54, 1.807) is 6.07 Å². The Morgan fingerprint density at radius 3 is 2.29 bits per heavy atom. The second kappa shape index (κ2) is 6.90. The Morgan fingerprint density at radius 1 is 1.05 bits per heavy atom. The van der Waals surface area contributed by atoms with Gasteiger partial charge in [0.1, 0.15) is 0 Å². The van der Waals surface area contributed by atoms with Gasteiger partial charge in [0, 0.05) is 5.02 Å². The van der Waals surface area contributed by atoms with E-state index >= 15 is 0 Å². The van der Waals surface area contributed by atoms with Crippen LogP contribution in [0.2, 0.25) is 5.02 Å². The number of aliphatic imine (C=N–C) groups is 1. The van der Waals surface area contributed by atoms with Crippen LogP contribution in [0.25, 0.3) is 0 Å². The Hall–Kier alpha value is -2.33. The zero-order valence-electron chi connectivity index (χ0n) is 11.4. The molecule has 0 radical (unpaired) electrons. The van der Waals surface area contributed by atoms with E-state index in [9.17, 15) is 4.79 Å². The van der Waals surface area contributed by atoms with Crippen LogP contribution in [0, 0.1) is 0 Å². The first-order valence-electron chi connectivity index (χ1n) is 6.49. The molecule has 0 aliphatic carbocycles. The minimum atomic E-state index is -0.511. The Bertz CT molecular complexity index is 652. The van der Waals surface area contributed by atoms with E-state index in [-0.39, 0.29) is 5.96 Å². The average molecular weight is 302 g/mol. The number of hydrogen-bond donors (Lipinski definition) is 2. The largest absolute Gasteiger partial charge is 0.370 e. The van der Waals surface area contributed by atoms with E-state index in [2.05, 4.69) is 4.99 Å². The number of carbonyl (C=O) groups excluding carboxylic acids is 1. The summed E-state index contributed by atoms with van der Waals surface area (Å²) >= 11 is 6.20. The van der Waals surface area contributed by atoms with Crippen LogP contribution in [0.5, 0.6) is 0 Å². The van der Waals surface area contributed by atoms with Crippen molar-refractivity contribution in [3.8, 4) is 0 Å². The van der Waals surface area contributed by atoms with Crippen molar-refractivity contribution in [1.82, 2.24) is 0 Å². The third-order valence-corrected chi connectivity index (χ3v) is 3.44. The van der Waals surface area contributed by atoms with Crippen LogP contribution in [0.15, 0.2) is 59.6 Å². The molecule has 0 heterocycles. The minimum Gasteiger partial charge on any atom is -0.370 e. The molecule has 21 heavy (non-hydrogen) atoms. The molecule has 0 aliphatic rings. The molecule has 0 fully saturated rings. The van der Waals surface area contributed by atoms with Gasteiger partial charge in [-0.05, 0) is 23.6 Å². The molecule has 5 heteroatoms. The van der Waals surface area contributed by atoms with E-state index in [4.69, 9.17) is 23.1 Å². The number of nitrogens with zero attached hydrogens (tertiary/aromatic N) is 1. The van der Waals surface area contributed by atoms with Gasteiger partial charge in [0.2, 0.25) is 0 Å². The van der Waals surface area contributed by atoms with Gasteiger partial charge >= 0.3 is 0 Å². The second-order valence-corrected chi connectivity index (χ2v) is 5.05. The van der Waals surface area contributed by atoms with E-state index < -0.39 is 11.8 Å². The van der Waals surface area contributed by atoms with Crippen molar-refractivity contribution in [2.24, 2.45) is 16.5 Å². The molecule has 0 spiro atoms. The number of hydrogen-bond acceptors (Lipinski definition) is 1. The summed E-state index contributed by atoms with van der Waals surface area (Å²) < 4.78 is 0. The quantitative estimate of drug-likeness (QED) is 0.672. The molecule has 1 amide bonds. The second-order valence-electron chi connectivity index (χ2n) is 4.64. The molecule has 2 rings (SSSR count). The summed E-state index contributed by atoms with van der Waals surface area (Å²) in [7, 11) is 0. The lowest BCUT2D eigenvalue weighted by Crippen LogP contribution is -2.26. The van der Waals surface area contributed by atoms with Crippen molar-refractivity contribution in [1.29, 1.82) is 0 Å². The Morgan fingerprint density at radius 2 is 1.67 bits per heavy atom. The van der Waals surface area contributed by atoms with Crippen LogP contribution in [0.4, 0.5) is 0 Å². The zero-order valence-corrected chi connectivity index (χ0v) is 12.1. The predicted octanol–water partition coefficient (Wildman–Crippen LogP) is 2.47. The van der Waals surface area contributed by atoms with Crippen LogP contribution in [0.1, 0.15) is 17.0 Å². The molecule has 4 N–H and O–H groups in total. The van der Waals surface area contributed by atoms with Gasteiger partial charge in [0.25, 0.3) is 5.91 Å². The fourth-order valence-electron chi connectivity index (χ4n) is 2.14. The summed E-state index contributed by atoms with van der Waals surface area (Å²) in [4.78, 5) is 16.0. The lowest BCUT2D eigenvalue weighted by atomic mass is 9.91. The Balaban J connectivity index is 2.38. The molecular formula is C16H16ClN3O. The highest BCUT2D eigenvalue weighted by Gasteiger charge is 2.23. The van der Waals surface area contributed by atoms with Gasteiger partial charge in [0.15, 0.2) is 5.96 Å². The highest BCUT2D eigenvalue weighted by atomic mass is 35.5. The van der Waals surface area contributed by atoms with Crippen molar-refractivity contribution < 1.29 is 4.79 Å². The molecule has 2 aromatic rings. The maximum Gasteiger partial charge on any atom is 0.256 e. The van der Waals surface area contributed by atoms with Crippen molar-refractivity contribution in [3.05, 3.63) is 70.7 Å². The number of amides is 1. The summed E-state index contributed by atoms with van der Waals surface area (Å²) in [5, 5.41) is 0.526. The molecule has 0 unspecified atom stereocenters. The maximum atomic E-state index is 12.3. The van der Waals surface area contributed by atoms with Crippen molar-refractivity contribution >= 4 is 23.5 Å². The molecule has 4 nitrogen and oxygen atoms in total. The van der Waals surface area contributed by atoms with Gasteiger partial charge in [0.05, 0.1) is 5.92 Å². The normalized spacial score (nSPS) is 11.7. The first kappa shape index (κ1) is 15.1. The zero-order chi connectivity index (χ0) is 15.2. The smallest absolute Gasteiger partial charge is 0.256 e. The summed E-state index contributed by atoms with van der Waals surface area (Å²) in [5.74, 6) is -1.15. The fraction of sp³-hybridized carbons (Fsp3) is 0.125. The Labute approximate surface area is 128 Å². The van der Waals surface area contributed by atoms with Gasteiger partial charge < -0.3 is 11.5 Å². The Kier molecular flexibility index (Phi) is 4.95. The van der Waals surface area contributed by atoms with E-state index in [0.29, 0.717) is 11.4 Å². The fourth-order valence-corrected chi connectivity index (χ4v) is 2.41. The van der Waals surface area contributed by atoms with Crippen LogP contribution in [-0.4, -0.2) is 11.9 Å². The highest BCUT2D eigenvalue weighted by molar-refractivity contribution is 6.31. The molecule has 2 aromatic carbocycles. The van der Waals surface area contributed by atoms with Crippen molar-refractivity contribution in [3.63, 3.8) is 0 Å². The van der Waals surface area contributed by atoms with Crippen LogP contribution < -0.4 is 11.5 Å². The lowest BCUT2D eigenvalue weighted by Gasteiger charge is -2.15. The van der Waals surface area contributed by atoms with Crippen LogP contribution in [-0.2, 0) is 11.2 Å². The van der Waals surface area contributed by atoms with E-state index in [0.717, 1.165) is 11.1 Å². The third kappa shape index (κ3) is 4.07. The first-order chi connectivity index (χ1) is 10.1. The summed E-state index contributed by atoms with van der Waals surface area (Å²) in [6.07, 6.45) is 0.486. The average Bonchev–Trinajstić information content (AvgIpc) is 2.46. The summed E-state index contributed by atoms with van der Waals surface area (Å²) in [5.41, 5.74) is 12.4. The SMILES string of the molecule is NC(N)=NC(=O)[C@H](Cc1ccccc1)c1ccccc1Cl. The van der Waals surface area contributed by atoms with E-state index in [1.165, 1.54) is 0 Å². The number of halogens is 1. The molecule has 1 atom stereocenters. The number of rotatable bonds is 4. The predicted molar refractivity (Wildman–Crippen MR) is 85.2 cm³/mol. The highest BCUT2D eigenvalue weighted by Crippen LogP contribution is 2.28. The summed E-state index contributed by atoms with van der Waals surface area (Å²) in [6.45, 7) is 0. The van der Waals surface area contributed by atoms with E-state index in [1.807, 2.05) is 48.5 Å². The molecule has 0 aliphatic heterocycles. The summed E-state index contributed by atoms with van der Waals surface area (Å²) in [6, 6.07) is 16.9. The first-order valence-corrected chi connectivity index (χ1v) is 6.87. The molecular weight excluding hydrogens is 286 g/mol. The molecule has 0 saturated carbocycles. The van der Waals surface area contributed by atoms with Gasteiger partial charge in [-0.3, -0.25) is 4.79 Å². The van der Waals surface area contributed by atoms with Crippen molar-refractivity contribution in [2.75, 3.05) is 0 Å². The number of guanidine groups is 1. The minimum absolute atomic E-state index is 0.245. The molecule has 0 aromatic heterocycles. The molecule has 0 saturated heterocycles. The van der Waals surface area contributed by atoms with Gasteiger partial charge in [-0.2, -0.15) is 4.99 Å². The number of benzene rings is 2. The van der Waals surface area contributed by atoms with Crippen LogP contribution in [0.3, 0.4) is 0 Å². The third-order valence-electron chi connectivity index (χ3n) is 3.10. The molecule has 108 valence electrons. The van der Waals surface area contributed by atoms with Crippen LogP contribution >= 0.6 is 11.6 Å². The molecule has 0 bridgehead atoms.